The number of carbonyl (C=O) groups excluding carboxylic acids is 2. The molecule has 1 aliphatic heterocycles. The maximum Gasteiger partial charge on any atom is 0.305 e. The minimum atomic E-state index is -0.216. The number of esters is 1. The predicted molar refractivity (Wildman–Crippen MR) is 161 cm³/mol. The first-order valence-corrected chi connectivity index (χ1v) is 14.5. The van der Waals surface area contributed by atoms with Gasteiger partial charge in [0.05, 0.1) is 23.6 Å². The summed E-state index contributed by atoms with van der Waals surface area (Å²) in [5.41, 5.74) is 3.23. The molecule has 2 aromatic rings. The summed E-state index contributed by atoms with van der Waals surface area (Å²) in [7, 11) is 2.98. The van der Waals surface area contributed by atoms with E-state index < -0.39 is 0 Å². The molecule has 0 N–H and O–H groups in total. The van der Waals surface area contributed by atoms with Crippen LogP contribution in [0.15, 0.2) is 45.8 Å². The molecule has 0 bridgehead atoms. The molecule has 0 atom stereocenters. The topological polar surface area (TPSA) is 65.1 Å². The molecule has 0 aliphatic carbocycles. The van der Waals surface area contributed by atoms with Crippen molar-refractivity contribution in [3.63, 3.8) is 0 Å². The van der Waals surface area contributed by atoms with Crippen LogP contribution in [0.2, 0.25) is 0 Å². The Morgan fingerprint density at radius 2 is 1.82 bits per heavy atom. The van der Waals surface area contributed by atoms with Crippen molar-refractivity contribution in [2.24, 2.45) is 0 Å². The second kappa shape index (κ2) is 13.6. The van der Waals surface area contributed by atoms with Gasteiger partial charge in [-0.25, -0.2) is 0 Å². The van der Waals surface area contributed by atoms with Gasteiger partial charge in [-0.15, -0.1) is 0 Å². The van der Waals surface area contributed by atoms with Crippen LogP contribution in [0.4, 0.5) is 0 Å². The summed E-state index contributed by atoms with van der Waals surface area (Å²) in [4.78, 5) is 26.4. The summed E-state index contributed by atoms with van der Waals surface area (Å²) in [6, 6.07) is 12.2. The van der Waals surface area contributed by atoms with Gasteiger partial charge in [-0.3, -0.25) is 14.5 Å². The number of nitrogens with zero attached hydrogens (tertiary/aromatic N) is 1. The van der Waals surface area contributed by atoms with Gasteiger partial charge in [0.2, 0.25) is 0 Å². The normalized spacial score (nSPS) is 14.8. The Morgan fingerprint density at radius 1 is 1.11 bits per heavy atom. The van der Waals surface area contributed by atoms with Crippen LogP contribution in [0.1, 0.15) is 63.1 Å². The first-order chi connectivity index (χ1) is 18.0. The van der Waals surface area contributed by atoms with Crippen LogP contribution < -0.4 is 9.47 Å². The molecule has 6 nitrogen and oxygen atoms in total. The van der Waals surface area contributed by atoms with E-state index in [0.29, 0.717) is 40.3 Å². The molecule has 1 amide bonds. The van der Waals surface area contributed by atoms with Crippen molar-refractivity contribution in [3.05, 3.63) is 62.5 Å². The first kappa shape index (κ1) is 30.2. The average Bonchev–Trinajstić information content (AvgIpc) is 3.14. The van der Waals surface area contributed by atoms with E-state index >= 15 is 0 Å². The molecule has 0 spiro atoms. The van der Waals surface area contributed by atoms with Crippen LogP contribution in [-0.4, -0.2) is 41.9 Å². The maximum absolute atomic E-state index is 13.0. The second-order valence-corrected chi connectivity index (χ2v) is 12.5. The third-order valence-corrected chi connectivity index (χ3v) is 8.08. The van der Waals surface area contributed by atoms with Crippen LogP contribution in [0.5, 0.6) is 11.5 Å². The van der Waals surface area contributed by atoms with Gasteiger partial charge in [0.1, 0.15) is 10.9 Å². The Kier molecular flexibility index (Phi) is 10.8. The number of halogens is 1. The highest BCUT2D eigenvalue weighted by atomic mass is 79.9. The highest BCUT2D eigenvalue weighted by Gasteiger charge is 2.31. The van der Waals surface area contributed by atoms with Crippen LogP contribution in [0, 0.1) is 0 Å². The van der Waals surface area contributed by atoms with Crippen molar-refractivity contribution in [2.75, 3.05) is 20.8 Å². The lowest BCUT2D eigenvalue weighted by Crippen LogP contribution is -2.29. The Bertz CT molecular complexity index is 1200. The molecule has 0 radical (unpaired) electrons. The highest BCUT2D eigenvalue weighted by Crippen LogP contribution is 2.39. The molecule has 0 unspecified atom stereocenters. The van der Waals surface area contributed by atoms with E-state index in [2.05, 4.69) is 65.7 Å². The van der Waals surface area contributed by atoms with Gasteiger partial charge in [0, 0.05) is 13.0 Å². The lowest BCUT2D eigenvalue weighted by atomic mass is 9.87. The number of thioether (sulfide) groups is 1. The molecule has 38 heavy (non-hydrogen) atoms. The fourth-order valence-corrected chi connectivity index (χ4v) is 5.76. The Labute approximate surface area is 243 Å². The molecule has 9 heteroatoms. The van der Waals surface area contributed by atoms with E-state index in [1.807, 2.05) is 18.2 Å². The van der Waals surface area contributed by atoms with Gasteiger partial charge < -0.3 is 14.2 Å². The third-order valence-electron chi connectivity index (χ3n) is 6.12. The number of rotatable bonds is 11. The van der Waals surface area contributed by atoms with Gasteiger partial charge in [0.15, 0.2) is 11.5 Å². The largest absolute Gasteiger partial charge is 0.493 e. The van der Waals surface area contributed by atoms with Gasteiger partial charge >= 0.3 is 5.97 Å². The number of carbonyl (C=O) groups is 2. The minimum absolute atomic E-state index is 0.0987. The number of unbranched alkanes of at least 4 members (excludes halogenated alkanes) is 2. The predicted octanol–water partition coefficient (Wildman–Crippen LogP) is 7.27. The third kappa shape index (κ3) is 8.07. The fourth-order valence-electron chi connectivity index (χ4n) is 3.88. The number of hydrogen-bond acceptors (Lipinski definition) is 7. The smallest absolute Gasteiger partial charge is 0.305 e. The molecule has 1 aliphatic rings. The number of ether oxygens (including phenoxy) is 3. The number of thiocarbonyl (C=S) groups is 1. The lowest BCUT2D eigenvalue weighted by molar-refractivity contribution is -0.140. The number of hydrogen-bond donors (Lipinski definition) is 0. The molecule has 1 fully saturated rings. The van der Waals surface area contributed by atoms with Crippen molar-refractivity contribution in [1.29, 1.82) is 0 Å². The van der Waals surface area contributed by atoms with Gasteiger partial charge in [0.25, 0.3) is 5.91 Å². The number of amides is 1. The summed E-state index contributed by atoms with van der Waals surface area (Å²) in [5.74, 6) is 0.843. The summed E-state index contributed by atoms with van der Waals surface area (Å²) in [6.07, 6.45) is 4.51. The Hall–Kier alpha value is -2.36. The summed E-state index contributed by atoms with van der Waals surface area (Å²) in [5, 5.41) is 0. The zero-order valence-electron chi connectivity index (χ0n) is 22.5. The van der Waals surface area contributed by atoms with Crippen LogP contribution in [0.3, 0.4) is 0 Å². The molecular formula is C29H34BrNO5S2. The molecule has 3 rings (SSSR count). The van der Waals surface area contributed by atoms with Crippen molar-refractivity contribution >= 4 is 62.2 Å². The first-order valence-electron chi connectivity index (χ1n) is 12.5. The van der Waals surface area contributed by atoms with Gasteiger partial charge in [-0.05, 0) is 69.1 Å². The standard InChI is InChI=1S/C29H34BrNO5S2/c1-29(2,3)21-12-10-19(11-13-21)18-36-26-22(30)15-20(16-23(26)34-4)17-24-27(33)31(28(37)38-24)14-8-6-7-9-25(32)35-5/h10-13,15-17H,6-9,14,18H2,1-5H3/b24-17+. The van der Waals surface area contributed by atoms with E-state index in [4.69, 9.17) is 21.7 Å². The van der Waals surface area contributed by atoms with E-state index in [0.717, 1.165) is 34.9 Å². The van der Waals surface area contributed by atoms with Crippen LogP contribution >= 0.6 is 39.9 Å². The van der Waals surface area contributed by atoms with Crippen molar-refractivity contribution in [1.82, 2.24) is 4.90 Å². The molecule has 1 heterocycles. The zero-order chi connectivity index (χ0) is 27.9. The second-order valence-electron chi connectivity index (χ2n) is 9.99. The monoisotopic (exact) mass is 619 g/mol. The van der Waals surface area contributed by atoms with Crippen molar-refractivity contribution < 1.29 is 23.8 Å². The van der Waals surface area contributed by atoms with Gasteiger partial charge in [-0.1, -0.05) is 75.4 Å². The lowest BCUT2D eigenvalue weighted by Gasteiger charge is -2.19. The molecule has 0 saturated carbocycles. The summed E-state index contributed by atoms with van der Waals surface area (Å²) < 4.78 is 17.7. The van der Waals surface area contributed by atoms with Gasteiger partial charge in [-0.2, -0.15) is 0 Å². The Morgan fingerprint density at radius 3 is 2.45 bits per heavy atom. The highest BCUT2D eigenvalue weighted by molar-refractivity contribution is 9.10. The SMILES string of the molecule is COC(=O)CCCCCN1C(=O)/C(=C\c2cc(Br)c(OCc3ccc(C(C)(C)C)cc3)c(OC)c2)SC1=S. The summed E-state index contributed by atoms with van der Waals surface area (Å²) >= 11 is 10.4. The molecular weight excluding hydrogens is 586 g/mol. The average molecular weight is 621 g/mol. The Balaban J connectivity index is 1.65. The molecule has 1 saturated heterocycles. The molecule has 2 aromatic carbocycles. The quantitative estimate of drug-likeness (QED) is 0.113. The number of benzene rings is 2. The van der Waals surface area contributed by atoms with E-state index in [9.17, 15) is 9.59 Å². The maximum atomic E-state index is 13.0. The molecule has 204 valence electrons. The van der Waals surface area contributed by atoms with Crippen molar-refractivity contribution in [2.45, 2.75) is 58.5 Å². The van der Waals surface area contributed by atoms with E-state index in [1.54, 1.807) is 12.0 Å². The summed E-state index contributed by atoms with van der Waals surface area (Å²) in [6.45, 7) is 7.50. The molecule has 0 aromatic heterocycles. The number of methoxy groups -OCH3 is 2. The van der Waals surface area contributed by atoms with E-state index in [-0.39, 0.29) is 17.3 Å². The zero-order valence-corrected chi connectivity index (χ0v) is 25.7. The minimum Gasteiger partial charge on any atom is -0.493 e. The van der Waals surface area contributed by atoms with Crippen LogP contribution in [-0.2, 0) is 26.3 Å². The fraction of sp³-hybridized carbons (Fsp3) is 0.414. The van der Waals surface area contributed by atoms with Crippen LogP contribution in [0.25, 0.3) is 6.08 Å². The van der Waals surface area contributed by atoms with E-state index in [1.165, 1.54) is 24.4 Å². The van der Waals surface area contributed by atoms with Crippen molar-refractivity contribution in [3.8, 4) is 11.5 Å².